The van der Waals surface area contributed by atoms with Gasteiger partial charge in [-0.05, 0) is 11.1 Å². The van der Waals surface area contributed by atoms with Crippen molar-refractivity contribution < 1.29 is 19.4 Å². The number of carboxylic acid groups (broad SMARTS) is 1. The van der Waals surface area contributed by atoms with Crippen LogP contribution in [-0.2, 0) is 20.7 Å². The van der Waals surface area contributed by atoms with Crippen LogP contribution in [0.5, 0.6) is 0 Å². The maximum absolute atomic E-state index is 11.0. The van der Waals surface area contributed by atoms with Crippen LogP contribution in [0.25, 0.3) is 0 Å². The van der Waals surface area contributed by atoms with Crippen LogP contribution in [0.2, 0.25) is 0 Å². The van der Waals surface area contributed by atoms with E-state index in [9.17, 15) is 9.59 Å². The van der Waals surface area contributed by atoms with Crippen LogP contribution in [0, 0.1) is 0 Å². The number of carboxylic acids is 1. The van der Waals surface area contributed by atoms with Crippen molar-refractivity contribution in [1.82, 2.24) is 0 Å². The number of ether oxygens (including phenoxy) is 1. The summed E-state index contributed by atoms with van der Waals surface area (Å²) < 4.78 is 4.87. The summed E-state index contributed by atoms with van der Waals surface area (Å²) in [5.41, 5.74) is 1.48. The Morgan fingerprint density at radius 2 is 2.31 bits per heavy atom. The smallest absolute Gasteiger partial charge is 0.313 e. The third-order valence-electron chi connectivity index (χ3n) is 2.30. The van der Waals surface area contributed by atoms with Gasteiger partial charge < -0.3 is 14.6 Å². The van der Waals surface area contributed by atoms with Crippen LogP contribution in [0.1, 0.15) is 17.0 Å². The summed E-state index contributed by atoms with van der Waals surface area (Å²) in [6.45, 7) is 0.125. The van der Waals surface area contributed by atoms with Crippen LogP contribution in [0.15, 0.2) is 24.3 Å². The molecule has 86 valence electrons. The summed E-state index contributed by atoms with van der Waals surface area (Å²) in [7, 11) is 1.46. The highest BCUT2D eigenvalue weighted by Gasteiger charge is 2.19. The predicted molar refractivity (Wildman–Crippen MR) is 58.5 cm³/mol. The minimum Gasteiger partial charge on any atom is -0.481 e. The zero-order valence-corrected chi connectivity index (χ0v) is 9.05. The van der Waals surface area contributed by atoms with E-state index in [1.54, 1.807) is 24.3 Å². The summed E-state index contributed by atoms with van der Waals surface area (Å²) >= 11 is 0. The van der Waals surface area contributed by atoms with Gasteiger partial charge in [0.15, 0.2) is 0 Å². The molecular formula is C12H14O4. The van der Waals surface area contributed by atoms with Gasteiger partial charge in [-0.3, -0.25) is 4.79 Å². The Morgan fingerprint density at radius 3 is 2.88 bits per heavy atom. The van der Waals surface area contributed by atoms with Crippen molar-refractivity contribution in [2.45, 2.75) is 12.3 Å². The number of carbonyl (C=O) groups excluding carboxylic acids is 1. The van der Waals surface area contributed by atoms with Crippen molar-refractivity contribution in [3.63, 3.8) is 0 Å². The molecule has 1 N–H and O–H groups in total. The average Bonchev–Trinajstić information content (AvgIpc) is 2.26. The summed E-state index contributed by atoms with van der Waals surface area (Å²) in [4.78, 5) is 21.4. The van der Waals surface area contributed by atoms with E-state index in [2.05, 4.69) is 0 Å². The molecule has 1 aromatic rings. The Morgan fingerprint density at radius 1 is 1.56 bits per heavy atom. The number of methoxy groups -OCH3 is 1. The molecule has 1 atom stereocenters. The molecule has 0 fully saturated rings. The molecule has 0 aliphatic carbocycles. The summed E-state index contributed by atoms with van der Waals surface area (Å²) in [5, 5.41) is 9.03. The Labute approximate surface area is 93.9 Å². The van der Waals surface area contributed by atoms with E-state index in [0.717, 1.165) is 11.8 Å². The molecule has 4 nitrogen and oxygen atoms in total. The minimum atomic E-state index is -0.926. The van der Waals surface area contributed by atoms with Gasteiger partial charge in [-0.1, -0.05) is 24.3 Å². The Balaban J connectivity index is 2.94. The van der Waals surface area contributed by atoms with E-state index in [0.29, 0.717) is 12.0 Å². The third kappa shape index (κ3) is 3.17. The molecule has 0 radical (unpaired) electrons. The number of hydrogen-bond acceptors (Lipinski definition) is 3. The van der Waals surface area contributed by atoms with Crippen molar-refractivity contribution in [2.24, 2.45) is 0 Å². The highest BCUT2D eigenvalue weighted by molar-refractivity contribution is 5.76. The van der Waals surface area contributed by atoms with Crippen LogP contribution < -0.4 is 0 Å². The van der Waals surface area contributed by atoms with Gasteiger partial charge in [-0.25, -0.2) is 0 Å². The van der Waals surface area contributed by atoms with E-state index < -0.39 is 11.9 Å². The lowest BCUT2D eigenvalue weighted by atomic mass is 9.97. The second-order valence-corrected chi connectivity index (χ2v) is 3.46. The highest BCUT2D eigenvalue weighted by atomic mass is 16.5. The molecule has 0 amide bonds. The molecule has 0 bridgehead atoms. The van der Waals surface area contributed by atoms with Gasteiger partial charge in [-0.15, -0.1) is 0 Å². The lowest BCUT2D eigenvalue weighted by Gasteiger charge is -2.12. The average molecular weight is 222 g/mol. The Bertz CT molecular complexity index is 373. The van der Waals surface area contributed by atoms with Gasteiger partial charge in [0, 0.05) is 13.5 Å². The zero-order valence-electron chi connectivity index (χ0n) is 9.05. The fraction of sp³-hybridized carbons (Fsp3) is 0.333. The van der Waals surface area contributed by atoms with Crippen LogP contribution in [0.4, 0.5) is 0 Å². The van der Waals surface area contributed by atoms with Crippen molar-refractivity contribution in [2.75, 3.05) is 13.7 Å². The number of benzene rings is 1. The summed E-state index contributed by atoms with van der Waals surface area (Å²) in [5.74, 6) is -1.61. The zero-order chi connectivity index (χ0) is 12.0. The molecule has 4 heteroatoms. The molecule has 0 aromatic heterocycles. The summed E-state index contributed by atoms with van der Waals surface area (Å²) in [6.07, 6.45) is 1.10. The molecule has 0 heterocycles. The fourth-order valence-corrected chi connectivity index (χ4v) is 1.51. The first kappa shape index (κ1) is 12.4. The van der Waals surface area contributed by atoms with Crippen molar-refractivity contribution in [3.05, 3.63) is 35.4 Å². The molecule has 1 aromatic carbocycles. The van der Waals surface area contributed by atoms with E-state index in [1.807, 2.05) is 0 Å². The van der Waals surface area contributed by atoms with Gasteiger partial charge in [0.2, 0.25) is 0 Å². The molecule has 1 rings (SSSR count). The normalized spacial score (nSPS) is 12.1. The predicted octanol–water partition coefficient (Wildman–Crippen LogP) is 1.24. The second kappa shape index (κ2) is 6.02. The summed E-state index contributed by atoms with van der Waals surface area (Å²) in [6, 6.07) is 7.00. The number of aliphatic carboxylic acids is 1. The number of rotatable bonds is 6. The molecular weight excluding hydrogens is 208 g/mol. The topological polar surface area (TPSA) is 63.6 Å². The molecule has 0 spiro atoms. The lowest BCUT2D eigenvalue weighted by Crippen LogP contribution is -2.17. The van der Waals surface area contributed by atoms with Gasteiger partial charge >= 0.3 is 5.97 Å². The standard InChI is InChI=1S/C12H14O4/c1-16-8-11(12(14)15)10-4-2-3-9(7-10)5-6-13/h2-4,6-7,11H,5,8H2,1H3,(H,14,15). The highest BCUT2D eigenvalue weighted by Crippen LogP contribution is 2.18. The van der Waals surface area contributed by atoms with E-state index in [-0.39, 0.29) is 6.61 Å². The number of hydrogen-bond donors (Lipinski definition) is 1. The monoisotopic (exact) mass is 222 g/mol. The Kier molecular flexibility index (Phi) is 4.66. The molecule has 0 aliphatic rings. The second-order valence-electron chi connectivity index (χ2n) is 3.46. The first-order valence-electron chi connectivity index (χ1n) is 4.93. The minimum absolute atomic E-state index is 0.125. The third-order valence-corrected chi connectivity index (χ3v) is 2.30. The van der Waals surface area contributed by atoms with E-state index in [4.69, 9.17) is 9.84 Å². The van der Waals surface area contributed by atoms with Crippen molar-refractivity contribution >= 4 is 12.3 Å². The number of carbonyl (C=O) groups is 2. The van der Waals surface area contributed by atoms with Gasteiger partial charge in [0.05, 0.1) is 6.61 Å². The van der Waals surface area contributed by atoms with Crippen LogP contribution in [0.3, 0.4) is 0 Å². The van der Waals surface area contributed by atoms with Gasteiger partial charge in [0.25, 0.3) is 0 Å². The molecule has 16 heavy (non-hydrogen) atoms. The molecule has 0 aliphatic heterocycles. The first-order chi connectivity index (χ1) is 7.69. The van der Waals surface area contributed by atoms with Gasteiger partial charge in [0.1, 0.15) is 12.2 Å². The Hall–Kier alpha value is -1.68. The van der Waals surface area contributed by atoms with E-state index >= 15 is 0 Å². The maximum atomic E-state index is 11.0. The molecule has 0 saturated heterocycles. The largest absolute Gasteiger partial charge is 0.481 e. The van der Waals surface area contributed by atoms with Crippen molar-refractivity contribution in [3.8, 4) is 0 Å². The van der Waals surface area contributed by atoms with Crippen LogP contribution >= 0.6 is 0 Å². The van der Waals surface area contributed by atoms with Crippen LogP contribution in [-0.4, -0.2) is 31.1 Å². The van der Waals surface area contributed by atoms with Crippen molar-refractivity contribution in [1.29, 1.82) is 0 Å². The first-order valence-corrected chi connectivity index (χ1v) is 4.93. The maximum Gasteiger partial charge on any atom is 0.313 e. The quantitative estimate of drug-likeness (QED) is 0.735. The lowest BCUT2D eigenvalue weighted by molar-refractivity contribution is -0.140. The number of aldehydes is 1. The molecule has 1 unspecified atom stereocenters. The van der Waals surface area contributed by atoms with Gasteiger partial charge in [-0.2, -0.15) is 0 Å². The van der Waals surface area contributed by atoms with E-state index in [1.165, 1.54) is 7.11 Å². The SMILES string of the molecule is COCC(C(=O)O)c1cccc(CC=O)c1. The molecule has 0 saturated carbocycles. The fourth-order valence-electron chi connectivity index (χ4n) is 1.51.